The molecule has 4 heteroatoms. The molecule has 0 aliphatic rings. The van der Waals surface area contributed by atoms with Gasteiger partial charge in [-0.05, 0) is 25.1 Å². The Morgan fingerprint density at radius 3 is 2.74 bits per heavy atom. The lowest BCUT2D eigenvalue weighted by molar-refractivity contribution is 0.200. The Balaban J connectivity index is 1.68. The fourth-order valence-electron chi connectivity index (χ4n) is 2.53. The van der Waals surface area contributed by atoms with Crippen LogP contribution < -0.4 is 10.1 Å². The molecule has 1 heterocycles. The van der Waals surface area contributed by atoms with E-state index in [2.05, 4.69) is 18.3 Å². The Morgan fingerprint density at radius 2 is 1.91 bits per heavy atom. The first kappa shape index (κ1) is 15.6. The maximum atomic E-state index is 8.90. The number of aliphatic hydroxyl groups excluding tert-OH is 1. The largest absolute Gasteiger partial charge is 0.491 e. The minimum absolute atomic E-state index is 0.0111. The van der Waals surface area contributed by atoms with Crippen molar-refractivity contribution >= 4 is 11.0 Å². The molecule has 3 aromatic rings. The maximum Gasteiger partial charge on any atom is 0.134 e. The molecule has 0 amide bonds. The Kier molecular flexibility index (Phi) is 4.95. The van der Waals surface area contributed by atoms with Gasteiger partial charge in [-0.25, -0.2) is 0 Å². The summed E-state index contributed by atoms with van der Waals surface area (Å²) in [6.07, 6.45) is 0. The van der Waals surface area contributed by atoms with Crippen LogP contribution in [0.4, 0.5) is 0 Å². The molecule has 0 bridgehead atoms. The highest BCUT2D eigenvalue weighted by atomic mass is 16.5. The van der Waals surface area contributed by atoms with Crippen LogP contribution in [0.15, 0.2) is 59.0 Å². The van der Waals surface area contributed by atoms with Gasteiger partial charge in [0.25, 0.3) is 0 Å². The minimum Gasteiger partial charge on any atom is -0.491 e. The molecular formula is C19H21NO3. The number of nitrogens with one attached hydrogen (secondary N) is 1. The molecule has 0 fully saturated rings. The van der Waals surface area contributed by atoms with Crippen molar-refractivity contribution in [1.82, 2.24) is 5.32 Å². The first-order valence-electron chi connectivity index (χ1n) is 7.81. The van der Waals surface area contributed by atoms with Crippen LogP contribution in [0, 0.1) is 0 Å². The van der Waals surface area contributed by atoms with E-state index in [0.717, 1.165) is 28.0 Å². The average Bonchev–Trinajstić information content (AvgIpc) is 3.02. The third-order valence-electron chi connectivity index (χ3n) is 3.79. The lowest BCUT2D eigenvalue weighted by Gasteiger charge is -2.14. The van der Waals surface area contributed by atoms with Crippen molar-refractivity contribution in [1.29, 1.82) is 0 Å². The summed E-state index contributed by atoms with van der Waals surface area (Å²) < 4.78 is 11.4. The number of fused-ring (bicyclic) bond motifs is 1. The number of ether oxygens (including phenoxy) is 1. The smallest absolute Gasteiger partial charge is 0.134 e. The molecule has 0 saturated heterocycles. The zero-order valence-electron chi connectivity index (χ0n) is 13.2. The third-order valence-corrected chi connectivity index (χ3v) is 3.79. The van der Waals surface area contributed by atoms with Gasteiger partial charge in [-0.3, -0.25) is 0 Å². The van der Waals surface area contributed by atoms with Crippen LogP contribution in [0.2, 0.25) is 0 Å². The van der Waals surface area contributed by atoms with E-state index in [4.69, 9.17) is 14.3 Å². The quantitative estimate of drug-likeness (QED) is 0.699. The van der Waals surface area contributed by atoms with E-state index in [0.29, 0.717) is 13.2 Å². The summed E-state index contributed by atoms with van der Waals surface area (Å²) in [5.74, 6) is 1.71. The fourth-order valence-corrected chi connectivity index (χ4v) is 2.53. The number of rotatable bonds is 7. The van der Waals surface area contributed by atoms with Crippen LogP contribution in [0.25, 0.3) is 11.0 Å². The second-order valence-corrected chi connectivity index (χ2v) is 5.47. The van der Waals surface area contributed by atoms with Crippen LogP contribution in [-0.2, 0) is 6.54 Å². The topological polar surface area (TPSA) is 54.6 Å². The van der Waals surface area contributed by atoms with Gasteiger partial charge >= 0.3 is 0 Å². The van der Waals surface area contributed by atoms with E-state index in [1.165, 1.54) is 0 Å². The van der Waals surface area contributed by atoms with Crippen molar-refractivity contribution in [2.45, 2.75) is 19.5 Å². The summed E-state index contributed by atoms with van der Waals surface area (Å²) in [4.78, 5) is 0. The summed E-state index contributed by atoms with van der Waals surface area (Å²) in [5.41, 5.74) is 1.96. The maximum absolute atomic E-state index is 8.90. The van der Waals surface area contributed by atoms with Crippen LogP contribution in [0.5, 0.6) is 5.75 Å². The number of benzene rings is 2. The van der Waals surface area contributed by atoms with Crippen molar-refractivity contribution in [2.24, 2.45) is 0 Å². The Hall–Kier alpha value is -2.30. The van der Waals surface area contributed by atoms with Gasteiger partial charge in [0.15, 0.2) is 0 Å². The summed E-state index contributed by atoms with van der Waals surface area (Å²) >= 11 is 0. The van der Waals surface area contributed by atoms with Gasteiger partial charge in [-0.1, -0.05) is 36.4 Å². The van der Waals surface area contributed by atoms with Crippen LogP contribution >= 0.6 is 0 Å². The lowest BCUT2D eigenvalue weighted by atomic mass is 10.1. The van der Waals surface area contributed by atoms with Crippen molar-refractivity contribution in [2.75, 3.05) is 13.2 Å². The van der Waals surface area contributed by atoms with E-state index < -0.39 is 0 Å². The van der Waals surface area contributed by atoms with Gasteiger partial charge in [0.1, 0.15) is 23.7 Å². The SMILES string of the molecule is C[C@H](NCc1ccccc1OCCO)c1cc2ccccc2o1. The molecule has 1 atom stereocenters. The molecule has 120 valence electrons. The highest BCUT2D eigenvalue weighted by Gasteiger charge is 2.12. The van der Waals surface area contributed by atoms with Gasteiger partial charge in [-0.15, -0.1) is 0 Å². The summed E-state index contributed by atoms with van der Waals surface area (Å²) in [7, 11) is 0. The van der Waals surface area contributed by atoms with Crippen molar-refractivity contribution in [3.8, 4) is 5.75 Å². The number of furan rings is 1. The summed E-state index contributed by atoms with van der Waals surface area (Å²) in [5, 5.41) is 13.5. The lowest BCUT2D eigenvalue weighted by Crippen LogP contribution is -2.18. The van der Waals surface area contributed by atoms with E-state index >= 15 is 0 Å². The standard InChI is InChI=1S/C19H21NO3/c1-14(19-12-15-6-2-5-9-18(15)23-19)20-13-16-7-3-4-8-17(16)22-11-10-21/h2-9,12,14,20-21H,10-11,13H2,1H3/t14-/m0/s1. The number of para-hydroxylation sites is 2. The van der Waals surface area contributed by atoms with E-state index in [-0.39, 0.29) is 12.6 Å². The molecule has 0 saturated carbocycles. The van der Waals surface area contributed by atoms with Crippen molar-refractivity contribution in [3.05, 3.63) is 65.9 Å². The number of aliphatic hydroxyl groups is 1. The normalized spacial score (nSPS) is 12.4. The molecule has 2 N–H and O–H groups in total. The molecule has 0 aliphatic carbocycles. The molecule has 3 rings (SSSR count). The summed E-state index contributed by atoms with van der Waals surface area (Å²) in [6, 6.07) is 18.0. The van der Waals surface area contributed by atoms with Gasteiger partial charge in [0, 0.05) is 17.5 Å². The highest BCUT2D eigenvalue weighted by molar-refractivity contribution is 5.77. The van der Waals surface area contributed by atoms with Crippen molar-refractivity contribution in [3.63, 3.8) is 0 Å². The first-order chi connectivity index (χ1) is 11.3. The second-order valence-electron chi connectivity index (χ2n) is 5.47. The Labute approximate surface area is 135 Å². The summed E-state index contributed by atoms with van der Waals surface area (Å²) in [6.45, 7) is 3.06. The van der Waals surface area contributed by atoms with Crippen LogP contribution in [0.3, 0.4) is 0 Å². The predicted molar refractivity (Wildman–Crippen MR) is 90.5 cm³/mol. The van der Waals surface area contributed by atoms with E-state index in [1.807, 2.05) is 48.5 Å². The number of hydrogen-bond donors (Lipinski definition) is 2. The zero-order valence-corrected chi connectivity index (χ0v) is 13.2. The van der Waals surface area contributed by atoms with Crippen LogP contribution in [-0.4, -0.2) is 18.3 Å². The Bertz CT molecular complexity index is 733. The molecule has 4 nitrogen and oxygen atoms in total. The fraction of sp³-hybridized carbons (Fsp3) is 0.263. The van der Waals surface area contributed by atoms with Gasteiger partial charge in [0.2, 0.25) is 0 Å². The van der Waals surface area contributed by atoms with Crippen LogP contribution in [0.1, 0.15) is 24.3 Å². The zero-order chi connectivity index (χ0) is 16.1. The first-order valence-corrected chi connectivity index (χ1v) is 7.81. The van der Waals surface area contributed by atoms with Crippen molar-refractivity contribution < 1.29 is 14.3 Å². The molecule has 2 aromatic carbocycles. The molecule has 0 aliphatic heterocycles. The minimum atomic E-state index is 0.0111. The number of hydrogen-bond acceptors (Lipinski definition) is 4. The average molecular weight is 311 g/mol. The van der Waals surface area contributed by atoms with Gasteiger partial charge in [-0.2, -0.15) is 0 Å². The highest BCUT2D eigenvalue weighted by Crippen LogP contribution is 2.24. The Morgan fingerprint density at radius 1 is 1.13 bits per heavy atom. The molecule has 0 radical (unpaired) electrons. The molecular weight excluding hydrogens is 290 g/mol. The predicted octanol–water partition coefficient (Wildman–Crippen LogP) is 3.65. The van der Waals surface area contributed by atoms with Gasteiger partial charge in [0.05, 0.1) is 12.6 Å². The third kappa shape index (κ3) is 3.73. The van der Waals surface area contributed by atoms with E-state index in [9.17, 15) is 0 Å². The molecule has 0 spiro atoms. The molecule has 0 unspecified atom stereocenters. The van der Waals surface area contributed by atoms with Gasteiger partial charge < -0.3 is 19.6 Å². The molecule has 23 heavy (non-hydrogen) atoms. The molecule has 1 aromatic heterocycles. The second kappa shape index (κ2) is 7.31. The van der Waals surface area contributed by atoms with E-state index in [1.54, 1.807) is 0 Å². The monoisotopic (exact) mass is 311 g/mol.